The van der Waals surface area contributed by atoms with Crippen LogP contribution in [0.4, 0.5) is 5.69 Å². The second-order valence-electron chi connectivity index (χ2n) is 5.18. The Hall–Kier alpha value is -2.88. The molecule has 0 fully saturated rings. The minimum Gasteiger partial charge on any atom is -0.493 e. The molecule has 2 aromatic rings. The summed E-state index contributed by atoms with van der Waals surface area (Å²) in [7, 11) is 1.49. The number of rotatable bonds is 4. The van der Waals surface area contributed by atoms with Gasteiger partial charge in [0.25, 0.3) is 5.91 Å². The Morgan fingerprint density at radius 2 is 2.15 bits per heavy atom. The van der Waals surface area contributed by atoms with Crippen LogP contribution in [-0.2, 0) is 4.79 Å². The van der Waals surface area contributed by atoms with E-state index in [1.807, 2.05) is 6.07 Å². The van der Waals surface area contributed by atoms with E-state index in [1.54, 1.807) is 30.3 Å². The highest BCUT2D eigenvalue weighted by atomic mass is 35.5. The van der Waals surface area contributed by atoms with Crippen molar-refractivity contribution < 1.29 is 19.0 Å². The predicted molar refractivity (Wildman–Crippen MR) is 97.8 cm³/mol. The van der Waals surface area contributed by atoms with Crippen molar-refractivity contribution in [2.45, 2.75) is 0 Å². The van der Waals surface area contributed by atoms with Crippen LogP contribution >= 0.6 is 23.2 Å². The molecule has 1 N–H and O–H groups in total. The van der Waals surface area contributed by atoms with Gasteiger partial charge in [0.2, 0.25) is 12.5 Å². The summed E-state index contributed by atoms with van der Waals surface area (Å²) in [4.78, 5) is 12.4. The fourth-order valence-corrected chi connectivity index (χ4v) is 2.69. The lowest BCUT2D eigenvalue weighted by molar-refractivity contribution is -0.112. The van der Waals surface area contributed by atoms with Gasteiger partial charge in [-0.2, -0.15) is 5.26 Å². The number of hydrogen-bond acceptors (Lipinski definition) is 5. The molecule has 0 radical (unpaired) electrons. The van der Waals surface area contributed by atoms with Gasteiger partial charge in [-0.25, -0.2) is 0 Å². The fraction of sp³-hybridized carbons (Fsp3) is 0.111. The van der Waals surface area contributed by atoms with E-state index >= 15 is 0 Å². The summed E-state index contributed by atoms with van der Waals surface area (Å²) in [5.41, 5.74) is 0.741. The van der Waals surface area contributed by atoms with Gasteiger partial charge in [0.05, 0.1) is 22.8 Å². The Kier molecular flexibility index (Phi) is 5.21. The zero-order valence-corrected chi connectivity index (χ0v) is 15.0. The van der Waals surface area contributed by atoms with Crippen molar-refractivity contribution >= 4 is 40.9 Å². The van der Waals surface area contributed by atoms with E-state index in [1.165, 1.54) is 13.2 Å². The van der Waals surface area contributed by atoms with Gasteiger partial charge in [-0.1, -0.05) is 29.3 Å². The van der Waals surface area contributed by atoms with Crippen LogP contribution < -0.4 is 19.5 Å². The van der Waals surface area contributed by atoms with E-state index in [0.29, 0.717) is 33.5 Å². The first-order valence-electron chi connectivity index (χ1n) is 7.38. The quantitative estimate of drug-likeness (QED) is 0.622. The van der Waals surface area contributed by atoms with Crippen molar-refractivity contribution in [3.05, 3.63) is 51.5 Å². The lowest BCUT2D eigenvalue weighted by atomic mass is 10.1. The molecule has 0 spiro atoms. The molecule has 1 amide bonds. The topological polar surface area (TPSA) is 80.6 Å². The van der Waals surface area contributed by atoms with Gasteiger partial charge < -0.3 is 19.5 Å². The summed E-state index contributed by atoms with van der Waals surface area (Å²) in [6.07, 6.45) is 1.41. The molecule has 8 heteroatoms. The smallest absolute Gasteiger partial charge is 0.266 e. The first-order chi connectivity index (χ1) is 12.5. The van der Waals surface area contributed by atoms with Gasteiger partial charge in [0, 0.05) is 0 Å². The molecule has 1 aliphatic rings. The number of carbonyl (C=O) groups excluding carboxylic acids is 1. The number of nitrogens with one attached hydrogen (secondary N) is 1. The molecule has 26 heavy (non-hydrogen) atoms. The summed E-state index contributed by atoms with van der Waals surface area (Å²) in [6, 6.07) is 9.99. The van der Waals surface area contributed by atoms with Crippen molar-refractivity contribution in [1.29, 1.82) is 5.26 Å². The predicted octanol–water partition coefficient (Wildman–Crippen LogP) is 4.28. The van der Waals surface area contributed by atoms with Gasteiger partial charge in [-0.05, 0) is 35.9 Å². The maximum absolute atomic E-state index is 12.4. The number of nitriles is 1. The Bertz CT molecular complexity index is 951. The zero-order chi connectivity index (χ0) is 18.7. The Morgan fingerprint density at radius 1 is 1.35 bits per heavy atom. The average molecular weight is 391 g/mol. The van der Waals surface area contributed by atoms with Crippen LogP contribution in [0, 0.1) is 11.3 Å². The molecule has 2 aromatic carbocycles. The molecular weight excluding hydrogens is 379 g/mol. The number of benzene rings is 2. The minimum atomic E-state index is -0.617. The molecule has 6 nitrogen and oxygen atoms in total. The number of amides is 1. The van der Waals surface area contributed by atoms with Gasteiger partial charge in [-0.3, -0.25) is 4.79 Å². The Balaban J connectivity index is 1.90. The molecule has 132 valence electrons. The normalized spacial score (nSPS) is 12.5. The average Bonchev–Trinajstić information content (AvgIpc) is 3.11. The molecular formula is C18H12Cl2N2O4. The van der Waals surface area contributed by atoms with Crippen LogP contribution in [0.5, 0.6) is 17.2 Å². The monoisotopic (exact) mass is 390 g/mol. The van der Waals surface area contributed by atoms with Crippen molar-refractivity contribution in [2.75, 3.05) is 19.2 Å². The van der Waals surface area contributed by atoms with Crippen molar-refractivity contribution in [2.24, 2.45) is 0 Å². The minimum absolute atomic E-state index is 0.0811. The van der Waals surface area contributed by atoms with Gasteiger partial charge in [0.1, 0.15) is 11.6 Å². The van der Waals surface area contributed by atoms with E-state index in [4.69, 9.17) is 37.4 Å². The SMILES string of the molecule is COc1cc(/C=C(\C#N)C(=O)Nc2cccc(Cl)c2Cl)cc2c1OCO2. The Labute approximate surface area is 159 Å². The maximum atomic E-state index is 12.4. The van der Waals surface area contributed by atoms with Gasteiger partial charge in [-0.15, -0.1) is 0 Å². The third kappa shape index (κ3) is 3.54. The number of nitrogens with zero attached hydrogens (tertiary/aromatic N) is 1. The highest BCUT2D eigenvalue weighted by Crippen LogP contribution is 2.42. The second kappa shape index (κ2) is 7.56. The standard InChI is InChI=1S/C18H12Cl2N2O4/c1-24-14-6-10(7-15-17(14)26-9-25-15)5-11(8-21)18(23)22-13-4-2-3-12(19)16(13)20/h2-7H,9H2,1H3,(H,22,23)/b11-5+. The number of methoxy groups -OCH3 is 1. The Morgan fingerprint density at radius 3 is 2.88 bits per heavy atom. The molecule has 1 heterocycles. The third-order valence-corrected chi connectivity index (χ3v) is 4.38. The van der Waals surface area contributed by atoms with Crippen LogP contribution in [-0.4, -0.2) is 19.8 Å². The highest BCUT2D eigenvalue weighted by molar-refractivity contribution is 6.44. The lowest BCUT2D eigenvalue weighted by Crippen LogP contribution is -2.13. The third-order valence-electron chi connectivity index (χ3n) is 3.56. The van der Waals surface area contributed by atoms with Crippen LogP contribution in [0.3, 0.4) is 0 Å². The highest BCUT2D eigenvalue weighted by Gasteiger charge is 2.20. The van der Waals surface area contributed by atoms with E-state index in [2.05, 4.69) is 5.32 Å². The molecule has 0 aliphatic carbocycles. The number of anilines is 1. The van der Waals surface area contributed by atoms with E-state index in [0.717, 1.165) is 0 Å². The molecule has 1 aliphatic heterocycles. The van der Waals surface area contributed by atoms with E-state index in [-0.39, 0.29) is 17.4 Å². The number of fused-ring (bicyclic) bond motifs is 1. The largest absolute Gasteiger partial charge is 0.493 e. The number of halogens is 2. The van der Waals surface area contributed by atoms with E-state index < -0.39 is 5.91 Å². The maximum Gasteiger partial charge on any atom is 0.266 e. The second-order valence-corrected chi connectivity index (χ2v) is 5.97. The molecule has 0 saturated heterocycles. The molecule has 0 unspecified atom stereocenters. The molecule has 0 saturated carbocycles. The van der Waals surface area contributed by atoms with Crippen LogP contribution in [0.2, 0.25) is 10.0 Å². The van der Waals surface area contributed by atoms with E-state index in [9.17, 15) is 10.1 Å². The number of carbonyl (C=O) groups is 1. The summed E-state index contributed by atoms with van der Waals surface area (Å²) in [6.45, 7) is 0.0811. The van der Waals surface area contributed by atoms with Crippen molar-refractivity contribution in [1.82, 2.24) is 0 Å². The van der Waals surface area contributed by atoms with Crippen molar-refractivity contribution in [3.8, 4) is 23.3 Å². The van der Waals surface area contributed by atoms with Crippen LogP contribution in [0.25, 0.3) is 6.08 Å². The summed E-state index contributed by atoms with van der Waals surface area (Å²) >= 11 is 12.0. The first-order valence-corrected chi connectivity index (χ1v) is 8.14. The van der Waals surface area contributed by atoms with Crippen molar-refractivity contribution in [3.63, 3.8) is 0 Å². The fourth-order valence-electron chi connectivity index (χ4n) is 2.34. The molecule has 0 atom stereocenters. The van der Waals surface area contributed by atoms with Crippen LogP contribution in [0.15, 0.2) is 35.9 Å². The number of ether oxygens (including phenoxy) is 3. The zero-order valence-electron chi connectivity index (χ0n) is 13.5. The van der Waals surface area contributed by atoms with Gasteiger partial charge in [0.15, 0.2) is 11.5 Å². The molecule has 0 bridgehead atoms. The number of hydrogen-bond donors (Lipinski definition) is 1. The molecule has 0 aromatic heterocycles. The summed E-state index contributed by atoms with van der Waals surface area (Å²) in [5, 5.41) is 12.4. The summed E-state index contributed by atoms with van der Waals surface area (Å²) < 4.78 is 15.9. The molecule has 3 rings (SSSR count). The van der Waals surface area contributed by atoms with Gasteiger partial charge >= 0.3 is 0 Å². The lowest BCUT2D eigenvalue weighted by Gasteiger charge is -2.08. The first kappa shape index (κ1) is 17.9. The summed E-state index contributed by atoms with van der Waals surface area (Å²) in [5.74, 6) is 0.791. The van der Waals surface area contributed by atoms with Crippen LogP contribution in [0.1, 0.15) is 5.56 Å².